The predicted octanol–water partition coefficient (Wildman–Crippen LogP) is -0.271. The third kappa shape index (κ3) is 3.49. The maximum Gasteiger partial charge on any atom is 0.230 e. The third-order valence-corrected chi connectivity index (χ3v) is 8.43. The van der Waals surface area contributed by atoms with Crippen molar-refractivity contribution in [2.45, 2.75) is 30.6 Å². The van der Waals surface area contributed by atoms with Gasteiger partial charge in [-0.25, -0.2) is 0 Å². The summed E-state index contributed by atoms with van der Waals surface area (Å²) in [5, 5.41) is 33.3. The second-order valence-electron chi connectivity index (χ2n) is 10.6. The van der Waals surface area contributed by atoms with Gasteiger partial charge in [0.2, 0.25) is 5.91 Å². The predicted molar refractivity (Wildman–Crippen MR) is 132 cm³/mol. The lowest BCUT2D eigenvalue weighted by molar-refractivity contribution is -0.190. The Hall–Kier alpha value is -3.67. The van der Waals surface area contributed by atoms with Crippen molar-refractivity contribution in [2.75, 3.05) is 21.2 Å². The topological polar surface area (TPSA) is 180 Å². The number of Topliss-reactive ketones (excluding diaryl/α,β-unsaturated/α-hetero) is 3. The van der Waals surface area contributed by atoms with Crippen molar-refractivity contribution in [3.05, 3.63) is 41.7 Å². The molecule has 3 aliphatic rings. The molecule has 0 aliphatic heterocycles. The van der Waals surface area contributed by atoms with E-state index in [0.717, 1.165) is 0 Å². The molecule has 5 N–H and O–H groups in total. The largest absolute Gasteiger partial charge is 0.507 e. The van der Waals surface area contributed by atoms with E-state index in [1.807, 2.05) is 0 Å². The molecule has 1 aromatic heterocycles. The van der Waals surface area contributed by atoms with Crippen molar-refractivity contribution in [2.24, 2.45) is 29.4 Å². The number of phenolic OH excluding ortho intramolecular Hbond substituents is 1. The van der Waals surface area contributed by atoms with Gasteiger partial charge in [0.1, 0.15) is 17.4 Å². The number of hydrogen-bond acceptors (Lipinski definition) is 10. The molecular formula is C27H29N3O8. The number of ketones is 3. The van der Waals surface area contributed by atoms with E-state index in [0.29, 0.717) is 22.4 Å². The molecule has 1 heterocycles. The normalized spacial score (nSPS) is 32.4. The van der Waals surface area contributed by atoms with Gasteiger partial charge in [0.15, 0.2) is 23.0 Å². The van der Waals surface area contributed by atoms with Crippen molar-refractivity contribution >= 4 is 23.3 Å². The summed E-state index contributed by atoms with van der Waals surface area (Å²) in [6.07, 6.45) is 1.82. The summed E-state index contributed by atoms with van der Waals surface area (Å²) in [5.41, 5.74) is 4.44. The summed E-state index contributed by atoms with van der Waals surface area (Å²) < 4.78 is 5.27. The monoisotopic (exact) mass is 523 g/mol. The standard InChI is InChI=1S/C27H29N3O8/c1-30(2)21-16-8-11-7-15-14(12-6-13(38-3)10-29-9-12)4-5-17(31)19(15)22(32)18(11)24(34)27(16,37)25(35)20(23(21)33)26(28)36/h4-6,9-11,16,18,20-21,23,31,33,37H,7-8H2,1-3H3,(H2,28,36)/t11-,16-,18?,20?,21?,23?,27-/m1/s1. The highest BCUT2D eigenvalue weighted by molar-refractivity contribution is 6.25. The van der Waals surface area contributed by atoms with E-state index < -0.39 is 64.7 Å². The van der Waals surface area contributed by atoms with Gasteiger partial charge in [0, 0.05) is 23.7 Å². The Morgan fingerprint density at radius 1 is 1.18 bits per heavy atom. The minimum Gasteiger partial charge on any atom is -0.507 e. The van der Waals surface area contributed by atoms with Gasteiger partial charge >= 0.3 is 0 Å². The minimum atomic E-state index is -2.69. The summed E-state index contributed by atoms with van der Waals surface area (Å²) in [5.74, 6) is -8.85. The number of aliphatic hydroxyl groups excluding tert-OH is 1. The number of benzene rings is 1. The number of hydrogen-bond donors (Lipinski definition) is 4. The Bertz CT molecular complexity index is 1370. The maximum atomic E-state index is 13.9. The van der Waals surface area contributed by atoms with E-state index in [4.69, 9.17) is 10.5 Å². The molecule has 0 saturated heterocycles. The molecule has 2 saturated carbocycles. The molecule has 38 heavy (non-hydrogen) atoms. The average Bonchev–Trinajstić information content (AvgIpc) is 2.86. The number of aromatic hydroxyl groups is 1. The molecule has 1 amide bonds. The Kier molecular flexibility index (Phi) is 6.13. The molecular weight excluding hydrogens is 494 g/mol. The zero-order valence-electron chi connectivity index (χ0n) is 21.1. The van der Waals surface area contributed by atoms with Crippen LogP contribution in [-0.2, 0) is 20.8 Å². The fourth-order valence-corrected chi connectivity index (χ4v) is 6.77. The van der Waals surface area contributed by atoms with Crippen molar-refractivity contribution < 1.29 is 39.2 Å². The first-order chi connectivity index (χ1) is 17.9. The number of rotatable bonds is 4. The Morgan fingerprint density at radius 3 is 2.53 bits per heavy atom. The molecule has 4 unspecified atom stereocenters. The summed E-state index contributed by atoms with van der Waals surface area (Å²) >= 11 is 0. The van der Waals surface area contributed by atoms with Gasteiger partial charge in [-0.05, 0) is 56.1 Å². The molecule has 0 spiro atoms. The number of aliphatic hydroxyl groups is 2. The Balaban J connectivity index is 1.65. The van der Waals surface area contributed by atoms with Gasteiger partial charge in [-0.3, -0.25) is 24.2 Å². The van der Waals surface area contributed by atoms with Gasteiger partial charge in [-0.1, -0.05) is 6.07 Å². The number of nitrogens with zero attached hydrogens (tertiary/aromatic N) is 2. The first-order valence-electron chi connectivity index (χ1n) is 12.3. The van der Waals surface area contributed by atoms with E-state index in [9.17, 15) is 34.5 Å². The van der Waals surface area contributed by atoms with Crippen molar-refractivity contribution in [1.82, 2.24) is 9.88 Å². The highest BCUT2D eigenvalue weighted by atomic mass is 16.5. The van der Waals surface area contributed by atoms with Crippen LogP contribution >= 0.6 is 0 Å². The molecule has 3 aliphatic carbocycles. The molecule has 2 aromatic rings. The number of ether oxygens (including phenoxy) is 1. The number of carbonyl (C=O) groups excluding carboxylic acids is 4. The highest BCUT2D eigenvalue weighted by Gasteiger charge is 2.69. The van der Waals surface area contributed by atoms with E-state index in [-0.39, 0.29) is 24.2 Å². The zero-order chi connectivity index (χ0) is 27.7. The molecule has 0 radical (unpaired) electrons. The maximum absolute atomic E-state index is 13.9. The summed E-state index contributed by atoms with van der Waals surface area (Å²) in [6.45, 7) is 0. The first kappa shape index (κ1) is 26.0. The fourth-order valence-electron chi connectivity index (χ4n) is 6.77. The summed E-state index contributed by atoms with van der Waals surface area (Å²) in [7, 11) is 4.71. The van der Waals surface area contributed by atoms with Crippen LogP contribution in [0.5, 0.6) is 11.5 Å². The average molecular weight is 524 g/mol. The van der Waals surface area contributed by atoms with Crippen LogP contribution in [0.2, 0.25) is 0 Å². The summed E-state index contributed by atoms with van der Waals surface area (Å²) in [4.78, 5) is 58.9. The SMILES string of the molecule is COc1cncc(-c2ccc(O)c3c2C[C@@H]2C[C@@H]4C(N(C)C)C(O)C(C(N)=O)C(=O)[C@]4(O)C(=O)C2C3=O)c1. The molecule has 2 fully saturated rings. The minimum absolute atomic E-state index is 0.0423. The third-order valence-electron chi connectivity index (χ3n) is 8.43. The number of carbonyl (C=O) groups is 4. The lowest BCUT2D eigenvalue weighted by Gasteiger charge is -2.54. The van der Waals surface area contributed by atoms with Crippen LogP contribution in [0.1, 0.15) is 22.3 Å². The van der Waals surface area contributed by atoms with Gasteiger partial charge < -0.3 is 30.7 Å². The Morgan fingerprint density at radius 2 is 1.89 bits per heavy atom. The van der Waals surface area contributed by atoms with Crippen LogP contribution in [0.4, 0.5) is 0 Å². The molecule has 5 rings (SSSR count). The fraction of sp³-hybridized carbons (Fsp3) is 0.444. The van der Waals surface area contributed by atoms with Gasteiger partial charge in [-0.15, -0.1) is 0 Å². The zero-order valence-corrected chi connectivity index (χ0v) is 21.1. The van der Waals surface area contributed by atoms with E-state index >= 15 is 0 Å². The number of amides is 1. The van der Waals surface area contributed by atoms with Crippen LogP contribution in [0, 0.1) is 23.7 Å². The van der Waals surface area contributed by atoms with Crippen molar-refractivity contribution in [3.8, 4) is 22.6 Å². The molecule has 7 atom stereocenters. The first-order valence-corrected chi connectivity index (χ1v) is 12.3. The molecule has 11 heteroatoms. The lowest BCUT2D eigenvalue weighted by atomic mass is 9.52. The van der Waals surface area contributed by atoms with E-state index in [1.54, 1.807) is 37.3 Å². The van der Waals surface area contributed by atoms with Crippen LogP contribution < -0.4 is 10.5 Å². The van der Waals surface area contributed by atoms with Crippen LogP contribution in [0.3, 0.4) is 0 Å². The van der Waals surface area contributed by atoms with Crippen LogP contribution in [0.15, 0.2) is 30.6 Å². The number of likely N-dealkylation sites (N-methyl/N-ethyl adjacent to an activating group) is 1. The van der Waals surface area contributed by atoms with Crippen molar-refractivity contribution in [1.29, 1.82) is 0 Å². The Labute approximate surface area is 218 Å². The lowest BCUT2D eigenvalue weighted by Crippen LogP contribution is -2.75. The van der Waals surface area contributed by atoms with E-state index in [1.165, 1.54) is 19.4 Å². The number of phenols is 1. The number of fused-ring (bicyclic) bond motifs is 3. The smallest absolute Gasteiger partial charge is 0.230 e. The van der Waals surface area contributed by atoms with Gasteiger partial charge in [0.25, 0.3) is 0 Å². The number of primary amides is 1. The molecule has 200 valence electrons. The number of methoxy groups -OCH3 is 1. The second kappa shape index (κ2) is 8.97. The second-order valence-corrected chi connectivity index (χ2v) is 10.6. The summed E-state index contributed by atoms with van der Waals surface area (Å²) in [6, 6.07) is 3.79. The van der Waals surface area contributed by atoms with Crippen LogP contribution in [-0.4, -0.2) is 87.4 Å². The van der Waals surface area contributed by atoms with Crippen molar-refractivity contribution in [3.63, 3.8) is 0 Å². The van der Waals surface area contributed by atoms with Gasteiger partial charge in [-0.2, -0.15) is 0 Å². The molecule has 0 bridgehead atoms. The number of pyridine rings is 1. The van der Waals surface area contributed by atoms with Crippen LogP contribution in [0.25, 0.3) is 11.1 Å². The molecule has 1 aromatic carbocycles. The highest BCUT2D eigenvalue weighted by Crippen LogP contribution is 2.52. The quantitative estimate of drug-likeness (QED) is 0.390. The van der Waals surface area contributed by atoms with Gasteiger partial charge in [0.05, 0.1) is 30.9 Å². The van der Waals surface area contributed by atoms with E-state index in [2.05, 4.69) is 4.98 Å². The number of aromatic nitrogens is 1. The number of nitrogens with two attached hydrogens (primary N) is 1. The molecule has 11 nitrogen and oxygen atoms in total.